The fraction of sp³-hybridized carbons (Fsp3) is 0.235. The predicted octanol–water partition coefficient (Wildman–Crippen LogP) is 2.56. The highest BCUT2D eigenvalue weighted by Gasteiger charge is 2.24. The van der Waals surface area contributed by atoms with Crippen LogP contribution in [0.3, 0.4) is 0 Å². The van der Waals surface area contributed by atoms with Crippen molar-refractivity contribution in [1.82, 2.24) is 10.3 Å². The number of benzene rings is 1. The Kier molecular flexibility index (Phi) is 4.22. The van der Waals surface area contributed by atoms with Crippen LogP contribution in [0.25, 0.3) is 17.0 Å². The minimum atomic E-state index is -0.147. The Morgan fingerprint density at radius 1 is 1.29 bits per heavy atom. The molecule has 0 atom stereocenters. The van der Waals surface area contributed by atoms with Crippen LogP contribution in [-0.2, 0) is 9.53 Å². The first-order valence-electron chi connectivity index (χ1n) is 7.68. The highest BCUT2D eigenvalue weighted by molar-refractivity contribution is 8.26. The SMILES string of the molecule is O=C1NC(=S)SC1=Cc1cc2ccccc2nc1N1CCOCC1. The van der Waals surface area contributed by atoms with E-state index < -0.39 is 0 Å². The normalized spacial score (nSPS) is 20.0. The lowest BCUT2D eigenvalue weighted by molar-refractivity contribution is -0.115. The van der Waals surface area contributed by atoms with Crippen molar-refractivity contribution in [2.24, 2.45) is 0 Å². The Bertz CT molecular complexity index is 860. The Morgan fingerprint density at radius 3 is 2.83 bits per heavy atom. The molecular weight excluding hydrogens is 342 g/mol. The quantitative estimate of drug-likeness (QED) is 0.659. The molecule has 1 N–H and O–H groups in total. The van der Waals surface area contributed by atoms with Crippen molar-refractivity contribution >= 4 is 57.0 Å². The van der Waals surface area contributed by atoms with E-state index in [1.165, 1.54) is 11.8 Å². The zero-order chi connectivity index (χ0) is 16.5. The summed E-state index contributed by atoms with van der Waals surface area (Å²) in [6.45, 7) is 2.95. The van der Waals surface area contributed by atoms with Crippen molar-refractivity contribution < 1.29 is 9.53 Å². The number of hydrogen-bond donors (Lipinski definition) is 1. The summed E-state index contributed by atoms with van der Waals surface area (Å²) in [6.07, 6.45) is 1.88. The second-order valence-electron chi connectivity index (χ2n) is 5.55. The largest absolute Gasteiger partial charge is 0.378 e. The van der Waals surface area contributed by atoms with Crippen LogP contribution in [0.2, 0.25) is 0 Å². The number of carbonyl (C=O) groups excluding carboxylic acids is 1. The number of thioether (sulfide) groups is 1. The number of thiocarbonyl (C=S) groups is 1. The first kappa shape index (κ1) is 15.6. The van der Waals surface area contributed by atoms with Gasteiger partial charge in [0.1, 0.15) is 10.1 Å². The number of nitrogens with one attached hydrogen (secondary N) is 1. The molecule has 0 bridgehead atoms. The molecule has 5 nitrogen and oxygen atoms in total. The molecule has 2 aliphatic rings. The van der Waals surface area contributed by atoms with E-state index >= 15 is 0 Å². The number of carbonyl (C=O) groups is 1. The lowest BCUT2D eigenvalue weighted by Gasteiger charge is -2.29. The molecule has 0 radical (unpaired) electrons. The lowest BCUT2D eigenvalue weighted by atomic mass is 10.1. The number of anilines is 1. The Labute approximate surface area is 149 Å². The number of pyridine rings is 1. The van der Waals surface area contributed by atoms with Gasteiger partial charge in [-0.25, -0.2) is 4.98 Å². The van der Waals surface area contributed by atoms with E-state index in [1.54, 1.807) is 0 Å². The fourth-order valence-corrected chi connectivity index (χ4v) is 3.85. The van der Waals surface area contributed by atoms with Crippen molar-refractivity contribution in [2.45, 2.75) is 0 Å². The second kappa shape index (κ2) is 6.51. The number of amides is 1. The fourth-order valence-electron chi connectivity index (χ4n) is 2.82. The first-order valence-corrected chi connectivity index (χ1v) is 8.90. The van der Waals surface area contributed by atoms with Gasteiger partial charge >= 0.3 is 0 Å². The van der Waals surface area contributed by atoms with E-state index in [1.807, 2.05) is 30.3 Å². The highest BCUT2D eigenvalue weighted by atomic mass is 32.2. The van der Waals surface area contributed by atoms with Crippen LogP contribution in [0.15, 0.2) is 35.2 Å². The Balaban J connectivity index is 1.83. The third-order valence-corrected chi connectivity index (χ3v) is 5.13. The molecule has 4 rings (SSSR count). The van der Waals surface area contributed by atoms with Crippen molar-refractivity contribution in [3.63, 3.8) is 0 Å². The second-order valence-corrected chi connectivity index (χ2v) is 7.26. The molecule has 0 unspecified atom stereocenters. The molecule has 2 saturated heterocycles. The van der Waals surface area contributed by atoms with Crippen LogP contribution in [0.1, 0.15) is 5.56 Å². The van der Waals surface area contributed by atoms with Gasteiger partial charge in [-0.1, -0.05) is 42.2 Å². The van der Waals surface area contributed by atoms with Gasteiger partial charge in [0.2, 0.25) is 0 Å². The average Bonchev–Trinajstić information content (AvgIpc) is 2.92. The molecule has 3 heterocycles. The summed E-state index contributed by atoms with van der Waals surface area (Å²) < 4.78 is 5.94. The number of aromatic nitrogens is 1. The molecule has 122 valence electrons. The maximum absolute atomic E-state index is 12.0. The van der Waals surface area contributed by atoms with E-state index in [2.05, 4.69) is 16.3 Å². The first-order chi connectivity index (χ1) is 11.7. The van der Waals surface area contributed by atoms with Gasteiger partial charge in [-0.3, -0.25) is 4.79 Å². The molecule has 2 aromatic rings. The van der Waals surface area contributed by atoms with Crippen LogP contribution in [0.4, 0.5) is 5.82 Å². The van der Waals surface area contributed by atoms with Gasteiger partial charge in [0.05, 0.1) is 23.6 Å². The molecule has 2 aliphatic heterocycles. The van der Waals surface area contributed by atoms with Gasteiger partial charge in [-0.05, 0) is 18.2 Å². The zero-order valence-electron chi connectivity index (χ0n) is 12.8. The van der Waals surface area contributed by atoms with Gasteiger partial charge in [-0.2, -0.15) is 0 Å². The minimum Gasteiger partial charge on any atom is -0.378 e. The van der Waals surface area contributed by atoms with Crippen molar-refractivity contribution in [2.75, 3.05) is 31.2 Å². The average molecular weight is 357 g/mol. The predicted molar refractivity (Wildman–Crippen MR) is 101 cm³/mol. The number of fused-ring (bicyclic) bond motifs is 1. The van der Waals surface area contributed by atoms with Crippen molar-refractivity contribution in [3.8, 4) is 0 Å². The Hall–Kier alpha value is -1.96. The van der Waals surface area contributed by atoms with E-state index in [9.17, 15) is 4.79 Å². The van der Waals surface area contributed by atoms with E-state index in [0.717, 1.165) is 35.4 Å². The number of nitrogens with zero attached hydrogens (tertiary/aromatic N) is 2. The number of ether oxygens (including phenoxy) is 1. The van der Waals surface area contributed by atoms with Crippen molar-refractivity contribution in [3.05, 3.63) is 40.8 Å². The van der Waals surface area contributed by atoms with Crippen LogP contribution in [-0.4, -0.2) is 41.5 Å². The van der Waals surface area contributed by atoms with Gasteiger partial charge in [0.25, 0.3) is 5.91 Å². The molecule has 0 saturated carbocycles. The molecule has 7 heteroatoms. The van der Waals surface area contributed by atoms with Gasteiger partial charge in [0.15, 0.2) is 0 Å². The van der Waals surface area contributed by atoms with E-state index in [0.29, 0.717) is 22.4 Å². The van der Waals surface area contributed by atoms with E-state index in [-0.39, 0.29) is 5.91 Å². The number of morpholine rings is 1. The van der Waals surface area contributed by atoms with Crippen molar-refractivity contribution in [1.29, 1.82) is 0 Å². The summed E-state index contributed by atoms with van der Waals surface area (Å²) in [5.74, 6) is 0.738. The molecule has 2 fully saturated rings. The van der Waals surface area contributed by atoms with Gasteiger partial charge in [-0.15, -0.1) is 0 Å². The van der Waals surface area contributed by atoms with Crippen LogP contribution >= 0.6 is 24.0 Å². The monoisotopic (exact) mass is 357 g/mol. The third-order valence-electron chi connectivity index (χ3n) is 3.97. The number of rotatable bonds is 2. The minimum absolute atomic E-state index is 0.147. The summed E-state index contributed by atoms with van der Waals surface area (Å²) in [7, 11) is 0. The molecule has 0 aliphatic carbocycles. The number of para-hydroxylation sites is 1. The third kappa shape index (κ3) is 3.02. The molecule has 1 aromatic heterocycles. The summed E-state index contributed by atoms with van der Waals surface area (Å²) in [6, 6.07) is 10.1. The van der Waals surface area contributed by atoms with Gasteiger partial charge < -0.3 is 15.0 Å². The molecule has 24 heavy (non-hydrogen) atoms. The summed E-state index contributed by atoms with van der Waals surface area (Å²) >= 11 is 6.36. The topological polar surface area (TPSA) is 54.5 Å². The summed E-state index contributed by atoms with van der Waals surface area (Å²) in [5.41, 5.74) is 1.87. The molecular formula is C17H15N3O2S2. The number of hydrogen-bond acceptors (Lipinski definition) is 6. The summed E-state index contributed by atoms with van der Waals surface area (Å²) in [5, 5.41) is 3.70. The van der Waals surface area contributed by atoms with Gasteiger partial charge in [0, 0.05) is 24.0 Å². The standard InChI is InChI=1S/C17H15N3O2S2/c21-16-14(24-17(23)19-16)10-12-9-11-3-1-2-4-13(11)18-15(12)20-5-7-22-8-6-20/h1-4,9-10H,5-8H2,(H,19,21,23). The maximum Gasteiger partial charge on any atom is 0.263 e. The zero-order valence-corrected chi connectivity index (χ0v) is 14.5. The van der Waals surface area contributed by atoms with Crippen LogP contribution < -0.4 is 10.2 Å². The molecule has 0 spiro atoms. The Morgan fingerprint density at radius 2 is 2.08 bits per heavy atom. The summed E-state index contributed by atoms with van der Waals surface area (Å²) in [4.78, 5) is 19.6. The smallest absolute Gasteiger partial charge is 0.263 e. The highest BCUT2D eigenvalue weighted by Crippen LogP contribution is 2.31. The molecule has 1 amide bonds. The van der Waals surface area contributed by atoms with Crippen LogP contribution in [0, 0.1) is 0 Å². The molecule has 1 aromatic carbocycles. The lowest BCUT2D eigenvalue weighted by Crippen LogP contribution is -2.37. The van der Waals surface area contributed by atoms with Crippen LogP contribution in [0.5, 0.6) is 0 Å². The van der Waals surface area contributed by atoms with E-state index in [4.69, 9.17) is 21.9 Å². The maximum atomic E-state index is 12.0.